The average molecular weight is 345 g/mol. The molecule has 4 aliphatic rings. The zero-order valence-electron chi connectivity index (χ0n) is 16.3. The molecule has 25 heavy (non-hydrogen) atoms. The van der Waals surface area contributed by atoms with Crippen LogP contribution in [0.3, 0.4) is 0 Å². The van der Waals surface area contributed by atoms with Gasteiger partial charge in [-0.05, 0) is 91.8 Å². The van der Waals surface area contributed by atoms with Crippen LogP contribution in [-0.2, 0) is 0 Å². The first-order chi connectivity index (χ1) is 11.8. The molecule has 1 unspecified atom stereocenters. The van der Waals surface area contributed by atoms with Crippen LogP contribution in [0.4, 0.5) is 0 Å². The highest BCUT2D eigenvalue weighted by Gasteiger charge is 2.62. The summed E-state index contributed by atoms with van der Waals surface area (Å²) in [6.07, 6.45) is 15.4. The molecule has 0 bridgehead atoms. The lowest BCUT2D eigenvalue weighted by atomic mass is 9.43. The van der Waals surface area contributed by atoms with Gasteiger partial charge in [0.25, 0.3) is 0 Å². The van der Waals surface area contributed by atoms with E-state index in [1.54, 1.807) is 0 Å². The van der Waals surface area contributed by atoms with Crippen molar-refractivity contribution in [3.8, 4) is 12.3 Å². The van der Waals surface area contributed by atoms with Crippen LogP contribution in [0.5, 0.6) is 0 Å². The number of hydrogen-bond donors (Lipinski definition) is 2. The van der Waals surface area contributed by atoms with Gasteiger partial charge in [-0.3, -0.25) is 0 Å². The van der Waals surface area contributed by atoms with Crippen molar-refractivity contribution in [1.82, 2.24) is 0 Å². The topological polar surface area (TPSA) is 40.5 Å². The van der Waals surface area contributed by atoms with Crippen molar-refractivity contribution < 1.29 is 10.2 Å². The fourth-order valence-corrected chi connectivity index (χ4v) is 8.22. The first kappa shape index (κ1) is 17.9. The predicted octanol–water partition coefficient (Wildman–Crippen LogP) is 4.39. The Hall–Kier alpha value is -0.520. The van der Waals surface area contributed by atoms with E-state index in [0.717, 1.165) is 17.8 Å². The Bertz CT molecular complexity index is 579. The third-order valence-corrected chi connectivity index (χ3v) is 9.75. The molecule has 0 aliphatic heterocycles. The number of hydrogen-bond acceptors (Lipinski definition) is 2. The molecule has 2 heteroatoms. The monoisotopic (exact) mass is 344 g/mol. The Morgan fingerprint density at radius 2 is 1.72 bits per heavy atom. The maximum Gasteiger partial charge on any atom is 0.151 e. The van der Waals surface area contributed by atoms with Crippen LogP contribution < -0.4 is 0 Å². The van der Waals surface area contributed by atoms with E-state index >= 15 is 0 Å². The average Bonchev–Trinajstić information content (AvgIpc) is 2.93. The summed E-state index contributed by atoms with van der Waals surface area (Å²) in [5, 5.41) is 21.3. The lowest BCUT2D eigenvalue weighted by molar-refractivity contribution is -0.178. The minimum Gasteiger partial charge on any atom is -0.389 e. The molecule has 0 heterocycles. The fraction of sp³-hybridized carbons (Fsp3) is 0.913. The maximum absolute atomic E-state index is 10.7. The van der Waals surface area contributed by atoms with Gasteiger partial charge >= 0.3 is 0 Å². The van der Waals surface area contributed by atoms with Crippen LogP contribution in [-0.4, -0.2) is 21.9 Å². The molecule has 0 aromatic carbocycles. The molecule has 4 aliphatic carbocycles. The van der Waals surface area contributed by atoms with Crippen LogP contribution in [0, 0.1) is 52.8 Å². The smallest absolute Gasteiger partial charge is 0.151 e. The van der Waals surface area contributed by atoms with Gasteiger partial charge in [-0.2, -0.15) is 0 Å². The molecular weight excluding hydrogens is 308 g/mol. The molecule has 2 N–H and O–H groups in total. The van der Waals surface area contributed by atoms with Gasteiger partial charge in [0.2, 0.25) is 0 Å². The first-order valence-electron chi connectivity index (χ1n) is 10.7. The van der Waals surface area contributed by atoms with Crippen LogP contribution in [0.2, 0.25) is 0 Å². The Morgan fingerprint density at radius 3 is 2.40 bits per heavy atom. The molecule has 9 atom stereocenters. The largest absolute Gasteiger partial charge is 0.389 e. The van der Waals surface area contributed by atoms with E-state index < -0.39 is 11.7 Å². The third-order valence-electron chi connectivity index (χ3n) is 9.75. The van der Waals surface area contributed by atoms with Gasteiger partial charge in [0.1, 0.15) is 0 Å². The van der Waals surface area contributed by atoms with Crippen molar-refractivity contribution in [3.63, 3.8) is 0 Å². The molecule has 4 fully saturated rings. The third kappa shape index (κ3) is 2.31. The summed E-state index contributed by atoms with van der Waals surface area (Å²) >= 11 is 0. The van der Waals surface area contributed by atoms with Crippen LogP contribution in [0.1, 0.15) is 78.6 Å². The van der Waals surface area contributed by atoms with E-state index in [1.807, 2.05) is 0 Å². The van der Waals surface area contributed by atoms with E-state index in [-0.39, 0.29) is 5.41 Å². The van der Waals surface area contributed by atoms with Gasteiger partial charge in [-0.25, -0.2) is 0 Å². The summed E-state index contributed by atoms with van der Waals surface area (Å²) in [6.45, 7) is 7.36. The summed E-state index contributed by atoms with van der Waals surface area (Å²) < 4.78 is 0. The van der Waals surface area contributed by atoms with E-state index in [4.69, 9.17) is 6.42 Å². The molecule has 0 spiro atoms. The van der Waals surface area contributed by atoms with Gasteiger partial charge < -0.3 is 10.2 Å². The molecule has 0 aromatic rings. The van der Waals surface area contributed by atoms with E-state index in [2.05, 4.69) is 26.7 Å². The zero-order valence-corrected chi connectivity index (χ0v) is 16.3. The second-order valence-corrected chi connectivity index (χ2v) is 10.4. The Kier molecular flexibility index (Phi) is 4.10. The maximum atomic E-state index is 10.7. The second-order valence-electron chi connectivity index (χ2n) is 10.4. The highest BCUT2D eigenvalue weighted by Crippen LogP contribution is 2.68. The number of fused-ring (bicyclic) bond motifs is 5. The summed E-state index contributed by atoms with van der Waals surface area (Å²) in [4.78, 5) is 0. The summed E-state index contributed by atoms with van der Waals surface area (Å²) in [7, 11) is 0. The van der Waals surface area contributed by atoms with Gasteiger partial charge in [0, 0.05) is 0 Å². The minimum atomic E-state index is -1.30. The molecular formula is C23H36O2. The van der Waals surface area contributed by atoms with E-state index in [1.165, 1.54) is 44.9 Å². The van der Waals surface area contributed by atoms with Crippen molar-refractivity contribution in [2.24, 2.45) is 40.4 Å². The molecule has 0 radical (unpaired) electrons. The second kappa shape index (κ2) is 5.74. The summed E-state index contributed by atoms with van der Waals surface area (Å²) in [5.74, 6) is 6.29. The summed E-state index contributed by atoms with van der Waals surface area (Å²) in [5.41, 5.74) is -0.607. The Balaban J connectivity index is 1.62. The Labute approximate surface area is 153 Å². The molecule has 0 saturated heterocycles. The highest BCUT2D eigenvalue weighted by atomic mass is 16.3. The SMILES string of the molecule is C#C[C@]1(O)C[C@@H]2CC[C@@H]3[C@H](CC[C@]4(C)[C@@H](CC)CC[C@@H]34)[C@@]2(C)CC1O. The van der Waals surface area contributed by atoms with Gasteiger partial charge in [0.05, 0.1) is 6.10 Å². The van der Waals surface area contributed by atoms with E-state index in [9.17, 15) is 10.2 Å². The van der Waals surface area contributed by atoms with Gasteiger partial charge in [0.15, 0.2) is 5.60 Å². The number of terminal acetylenes is 1. The van der Waals surface area contributed by atoms with Crippen molar-refractivity contribution in [2.75, 3.05) is 0 Å². The number of aliphatic hydroxyl groups excluding tert-OH is 1. The number of rotatable bonds is 1. The fourth-order valence-electron chi connectivity index (χ4n) is 8.22. The molecule has 4 saturated carbocycles. The summed E-state index contributed by atoms with van der Waals surface area (Å²) in [6, 6.07) is 0. The quantitative estimate of drug-likeness (QED) is 0.693. The Morgan fingerprint density at radius 1 is 1.00 bits per heavy atom. The lowest BCUT2D eigenvalue weighted by Crippen LogP contribution is -2.60. The van der Waals surface area contributed by atoms with Crippen molar-refractivity contribution in [3.05, 3.63) is 0 Å². The van der Waals surface area contributed by atoms with Crippen LogP contribution in [0.25, 0.3) is 0 Å². The predicted molar refractivity (Wildman–Crippen MR) is 101 cm³/mol. The molecule has 4 rings (SSSR count). The van der Waals surface area contributed by atoms with Crippen LogP contribution >= 0.6 is 0 Å². The van der Waals surface area contributed by atoms with Gasteiger partial charge in [-0.15, -0.1) is 6.42 Å². The van der Waals surface area contributed by atoms with Crippen molar-refractivity contribution in [2.45, 2.75) is 90.3 Å². The lowest BCUT2D eigenvalue weighted by Gasteiger charge is -2.62. The normalized spacial score (nSPS) is 57.9. The highest BCUT2D eigenvalue weighted by molar-refractivity contribution is 5.19. The van der Waals surface area contributed by atoms with Crippen LogP contribution in [0.15, 0.2) is 0 Å². The van der Waals surface area contributed by atoms with E-state index in [0.29, 0.717) is 30.1 Å². The van der Waals surface area contributed by atoms with Gasteiger partial charge in [-0.1, -0.05) is 33.1 Å². The standard InChI is InChI=1S/C23H36O2/c1-5-15-8-10-18-17-9-7-16-13-23(25,6-2)20(24)14-22(16,4)19(17)11-12-21(15,18)3/h2,15-20,24-25H,5,7-14H2,1,3-4H3/t15-,16-,17-,18-,19-,20?,21+,22-,23-/m0/s1. The molecule has 140 valence electrons. The number of aliphatic hydroxyl groups is 2. The first-order valence-corrected chi connectivity index (χ1v) is 10.7. The molecule has 0 aromatic heterocycles. The minimum absolute atomic E-state index is 0.150. The van der Waals surface area contributed by atoms with Crippen molar-refractivity contribution in [1.29, 1.82) is 0 Å². The van der Waals surface area contributed by atoms with Crippen molar-refractivity contribution >= 4 is 0 Å². The molecule has 0 amide bonds. The zero-order chi connectivity index (χ0) is 18.0. The molecule has 2 nitrogen and oxygen atoms in total.